The largest absolute Gasteiger partial charge is 0.463 e. The Morgan fingerprint density at radius 2 is 1.36 bits per heavy atom. The third kappa shape index (κ3) is 21.1. The second-order valence-electron chi connectivity index (χ2n) is 13.6. The van der Waals surface area contributed by atoms with Gasteiger partial charge in [0.15, 0.2) is 12.4 Å². The van der Waals surface area contributed by atoms with Gasteiger partial charge in [0.2, 0.25) is 0 Å². The topological polar surface area (TPSA) is 215 Å². The number of hydrogen-bond donors (Lipinski definition) is 5. The highest BCUT2D eigenvalue weighted by Crippen LogP contribution is 2.26. The third-order valence-corrected chi connectivity index (χ3v) is 10.3. The molecule has 304 valence electrons. The van der Waals surface area contributed by atoms with Gasteiger partial charge in [0.05, 0.1) is 13.0 Å². The van der Waals surface area contributed by atoms with Crippen LogP contribution in [0.2, 0.25) is 0 Å². The van der Waals surface area contributed by atoms with E-state index in [1.54, 1.807) is 24.3 Å². The van der Waals surface area contributed by atoms with E-state index in [4.69, 9.17) is 18.9 Å². The number of nitrogens with one attached hydrogen (secondary N) is 1. The molecular formula is C37H60INO13S. The van der Waals surface area contributed by atoms with Crippen LogP contribution in [-0.4, -0.2) is 108 Å². The number of carbonyl (C=O) groups is 3. The monoisotopic (exact) mass is 885 g/mol. The van der Waals surface area contributed by atoms with Crippen LogP contribution < -0.4 is 5.32 Å². The molecule has 0 aromatic heterocycles. The number of hydrogen-bond acceptors (Lipinski definition) is 12. The van der Waals surface area contributed by atoms with Gasteiger partial charge in [0.25, 0.3) is 16.0 Å². The van der Waals surface area contributed by atoms with Gasteiger partial charge in [-0.2, -0.15) is 8.42 Å². The molecule has 1 aliphatic heterocycles. The summed E-state index contributed by atoms with van der Waals surface area (Å²) in [4.78, 5) is 36.9. The summed E-state index contributed by atoms with van der Waals surface area (Å²) >= 11 is 2.09. The number of unbranched alkanes of at least 4 members (excludes halogenated alkanes) is 14. The minimum Gasteiger partial charge on any atom is -0.463 e. The summed E-state index contributed by atoms with van der Waals surface area (Å²) in [5.74, 6) is -2.98. The molecular weight excluding hydrogens is 825 g/mol. The lowest BCUT2D eigenvalue weighted by molar-refractivity contribution is -0.299. The molecule has 0 aliphatic carbocycles. The second kappa shape index (κ2) is 26.8. The molecule has 1 unspecified atom stereocenters. The van der Waals surface area contributed by atoms with E-state index in [1.807, 2.05) is 0 Å². The Hall–Kier alpha value is -1.93. The van der Waals surface area contributed by atoms with Crippen LogP contribution in [-0.2, 0) is 38.7 Å². The molecule has 0 spiro atoms. The summed E-state index contributed by atoms with van der Waals surface area (Å²) in [7, 11) is -4.72. The Balaban J connectivity index is 1.64. The summed E-state index contributed by atoms with van der Waals surface area (Å²) < 4.78 is 54.9. The SMILES string of the molecule is CCCCCCCCCCCCCCCCCC(=O)OCC(O)CO[C@H]1O[C@H](CS(=O)(=O)O)[C@@H](OC(=O)CCNC(=O)c2ccc(I)cc2)[C@H](O)[C@H]1O. The first kappa shape index (κ1) is 47.2. The first-order chi connectivity index (χ1) is 25.3. The number of amides is 1. The minimum absolute atomic E-state index is 0.146. The van der Waals surface area contributed by atoms with Crippen molar-refractivity contribution in [3.05, 3.63) is 33.4 Å². The number of aliphatic hydroxyl groups is 3. The van der Waals surface area contributed by atoms with Crippen molar-refractivity contribution in [2.75, 3.05) is 25.5 Å². The highest BCUT2D eigenvalue weighted by molar-refractivity contribution is 14.1. The fraction of sp³-hybridized carbons (Fsp3) is 0.757. The molecule has 1 amide bonds. The van der Waals surface area contributed by atoms with Crippen LogP contribution in [0.1, 0.15) is 126 Å². The van der Waals surface area contributed by atoms with E-state index in [0.29, 0.717) is 12.0 Å². The Morgan fingerprint density at radius 3 is 1.91 bits per heavy atom. The molecule has 1 fully saturated rings. The average Bonchev–Trinajstić information content (AvgIpc) is 3.11. The maximum Gasteiger partial charge on any atom is 0.308 e. The molecule has 0 radical (unpaired) electrons. The Bertz CT molecular complexity index is 1300. The molecule has 53 heavy (non-hydrogen) atoms. The van der Waals surface area contributed by atoms with Gasteiger partial charge >= 0.3 is 11.9 Å². The van der Waals surface area contributed by atoms with Crippen molar-refractivity contribution in [1.82, 2.24) is 5.32 Å². The summed E-state index contributed by atoms with van der Waals surface area (Å²) in [5.41, 5.74) is 0.371. The lowest BCUT2D eigenvalue weighted by atomic mass is 9.99. The third-order valence-electron chi connectivity index (χ3n) is 8.88. The van der Waals surface area contributed by atoms with Gasteiger partial charge in [-0.15, -0.1) is 0 Å². The molecule has 0 bridgehead atoms. The Labute approximate surface area is 328 Å². The van der Waals surface area contributed by atoms with Crippen LogP contribution in [0.3, 0.4) is 0 Å². The number of aliphatic hydroxyl groups excluding tert-OH is 3. The number of rotatable bonds is 28. The van der Waals surface area contributed by atoms with E-state index < -0.39 is 83.7 Å². The first-order valence-corrected chi connectivity index (χ1v) is 21.6. The van der Waals surface area contributed by atoms with Crippen molar-refractivity contribution in [3.8, 4) is 0 Å². The molecule has 1 aromatic rings. The van der Waals surface area contributed by atoms with E-state index >= 15 is 0 Å². The van der Waals surface area contributed by atoms with Gasteiger partial charge in [-0.3, -0.25) is 18.9 Å². The lowest BCUT2D eigenvalue weighted by Crippen LogP contribution is -2.61. The predicted molar refractivity (Wildman–Crippen MR) is 206 cm³/mol. The molecule has 14 nitrogen and oxygen atoms in total. The molecule has 1 aromatic carbocycles. The molecule has 2 rings (SSSR count). The molecule has 0 saturated carbocycles. The fourth-order valence-electron chi connectivity index (χ4n) is 5.88. The van der Waals surface area contributed by atoms with Crippen LogP contribution in [0.15, 0.2) is 24.3 Å². The van der Waals surface area contributed by atoms with Crippen molar-refractivity contribution in [3.63, 3.8) is 0 Å². The fourth-order valence-corrected chi connectivity index (χ4v) is 6.92. The predicted octanol–water partition coefficient (Wildman–Crippen LogP) is 4.84. The van der Waals surface area contributed by atoms with Crippen molar-refractivity contribution < 1.29 is 61.6 Å². The van der Waals surface area contributed by atoms with Crippen LogP contribution in [0.25, 0.3) is 0 Å². The van der Waals surface area contributed by atoms with Crippen molar-refractivity contribution in [1.29, 1.82) is 0 Å². The second-order valence-corrected chi connectivity index (χ2v) is 16.4. The van der Waals surface area contributed by atoms with E-state index in [0.717, 1.165) is 22.8 Å². The average molecular weight is 886 g/mol. The normalized spacial score (nSPS) is 20.8. The molecule has 16 heteroatoms. The molecule has 1 saturated heterocycles. The number of halogens is 1. The summed E-state index contributed by atoms with van der Waals surface area (Å²) in [6, 6.07) is 6.70. The smallest absolute Gasteiger partial charge is 0.308 e. The summed E-state index contributed by atoms with van der Waals surface area (Å²) in [5, 5.41) is 34.1. The zero-order valence-corrected chi connectivity index (χ0v) is 33.8. The quantitative estimate of drug-likeness (QED) is 0.0330. The number of esters is 2. The molecule has 1 aliphatic rings. The highest BCUT2D eigenvalue weighted by Gasteiger charge is 2.48. The summed E-state index contributed by atoms with van der Waals surface area (Å²) in [6.07, 6.45) is 7.82. The maximum atomic E-state index is 12.5. The van der Waals surface area contributed by atoms with Gasteiger partial charge in [-0.05, 0) is 53.3 Å². The van der Waals surface area contributed by atoms with Gasteiger partial charge in [-0.25, -0.2) is 0 Å². The van der Waals surface area contributed by atoms with E-state index in [9.17, 15) is 42.7 Å². The number of carbonyl (C=O) groups excluding carboxylic acids is 3. The number of ether oxygens (including phenoxy) is 4. The molecule has 6 atom stereocenters. The maximum absolute atomic E-state index is 12.5. The van der Waals surface area contributed by atoms with Gasteiger partial charge in [-0.1, -0.05) is 96.8 Å². The Morgan fingerprint density at radius 1 is 0.811 bits per heavy atom. The Kier molecular flexibility index (Phi) is 23.9. The lowest BCUT2D eigenvalue weighted by Gasteiger charge is -2.41. The van der Waals surface area contributed by atoms with E-state index in [1.165, 1.54) is 70.6 Å². The zero-order valence-electron chi connectivity index (χ0n) is 30.9. The van der Waals surface area contributed by atoms with Gasteiger partial charge in [0, 0.05) is 22.1 Å². The minimum atomic E-state index is -4.72. The van der Waals surface area contributed by atoms with E-state index in [2.05, 4.69) is 34.8 Å². The van der Waals surface area contributed by atoms with Crippen LogP contribution >= 0.6 is 22.6 Å². The zero-order chi connectivity index (χ0) is 39.1. The first-order valence-electron chi connectivity index (χ1n) is 19.0. The van der Waals surface area contributed by atoms with Crippen LogP contribution in [0, 0.1) is 3.57 Å². The molecule has 1 heterocycles. The van der Waals surface area contributed by atoms with Crippen LogP contribution in [0.4, 0.5) is 0 Å². The summed E-state index contributed by atoms with van der Waals surface area (Å²) in [6.45, 7) is 1.16. The standard InChI is InChI=1S/C37H60INO13S/c1-2-3-4-5-6-7-8-9-10-11-12-13-14-15-16-17-31(41)49-24-29(40)25-50-37-34(44)33(43)35(30(51-37)26-53(46,47)48)52-32(42)22-23-39-36(45)27-18-20-28(38)21-19-27/h18-21,29-30,33-35,37,40,43-44H,2-17,22-26H2,1H3,(H,39,45)(H,46,47,48)/t29?,30-,33-,34-,35-,37+/m1/s1. The van der Waals surface area contributed by atoms with Crippen molar-refractivity contribution in [2.45, 2.75) is 153 Å². The van der Waals surface area contributed by atoms with Crippen molar-refractivity contribution >= 4 is 50.6 Å². The molecule has 5 N–H and O–H groups in total. The highest BCUT2D eigenvalue weighted by atomic mass is 127. The van der Waals surface area contributed by atoms with E-state index in [-0.39, 0.29) is 19.4 Å². The number of benzene rings is 1. The van der Waals surface area contributed by atoms with Crippen molar-refractivity contribution in [2.24, 2.45) is 0 Å². The van der Waals surface area contributed by atoms with Crippen LogP contribution in [0.5, 0.6) is 0 Å². The van der Waals surface area contributed by atoms with Gasteiger partial charge < -0.3 is 39.6 Å². The van der Waals surface area contributed by atoms with Gasteiger partial charge in [0.1, 0.15) is 36.8 Å².